The third-order valence-corrected chi connectivity index (χ3v) is 4.61. The summed E-state index contributed by atoms with van der Waals surface area (Å²) in [4.78, 5) is 25.5. The number of carbonyl (C=O) groups is 2. The number of urea groups is 1. The van der Waals surface area contributed by atoms with Crippen LogP contribution in [0.4, 0.5) is 4.79 Å². The van der Waals surface area contributed by atoms with E-state index in [1.807, 2.05) is 54.4 Å². The molecule has 0 bridgehead atoms. The van der Waals surface area contributed by atoms with Crippen molar-refractivity contribution in [1.29, 1.82) is 0 Å². The number of nitrogens with zero attached hydrogens (tertiary/aromatic N) is 2. The number of hydrogen-bond acceptors (Lipinski definition) is 2. The highest BCUT2D eigenvalue weighted by Crippen LogP contribution is 2.20. The van der Waals surface area contributed by atoms with Gasteiger partial charge in [0, 0.05) is 37.8 Å². The standard InChI is InChI=1S/C21H24N4O2/c1-24-18(13-17-9-5-6-10-19(17)24)15-25(14-16-7-3-2-4-8-16)20(26)11-12-23-21(22)27/h2-10,13H,11-12,14-15H2,1H3,(H3,22,23,27). The van der Waals surface area contributed by atoms with Gasteiger partial charge in [0.1, 0.15) is 0 Å². The number of fused-ring (bicyclic) bond motifs is 1. The Morgan fingerprint density at radius 3 is 2.44 bits per heavy atom. The second kappa shape index (κ2) is 8.40. The van der Waals surface area contributed by atoms with Crippen LogP contribution in [0.1, 0.15) is 17.7 Å². The number of aromatic nitrogens is 1. The summed E-state index contributed by atoms with van der Waals surface area (Å²) in [5.41, 5.74) is 8.34. The Kier molecular flexibility index (Phi) is 5.76. The summed E-state index contributed by atoms with van der Waals surface area (Å²) in [6, 6.07) is 19.5. The van der Waals surface area contributed by atoms with Gasteiger partial charge in [0.15, 0.2) is 0 Å². The summed E-state index contributed by atoms with van der Waals surface area (Å²) in [7, 11) is 2.01. The van der Waals surface area contributed by atoms with Crippen molar-refractivity contribution in [1.82, 2.24) is 14.8 Å². The fraction of sp³-hybridized carbons (Fsp3) is 0.238. The summed E-state index contributed by atoms with van der Waals surface area (Å²) < 4.78 is 2.11. The number of primary amides is 1. The SMILES string of the molecule is Cn1c(CN(Cc2ccccc2)C(=O)CCNC(N)=O)cc2ccccc21. The summed E-state index contributed by atoms with van der Waals surface area (Å²) >= 11 is 0. The Bertz CT molecular complexity index is 934. The number of nitrogens with two attached hydrogens (primary N) is 1. The van der Waals surface area contributed by atoms with Crippen molar-refractivity contribution in [3.63, 3.8) is 0 Å². The molecule has 140 valence electrons. The zero-order valence-corrected chi connectivity index (χ0v) is 15.4. The van der Waals surface area contributed by atoms with Gasteiger partial charge in [-0.1, -0.05) is 48.5 Å². The number of carbonyl (C=O) groups excluding carboxylic acids is 2. The molecule has 2 aromatic carbocycles. The van der Waals surface area contributed by atoms with E-state index in [0.29, 0.717) is 13.1 Å². The molecule has 0 aliphatic heterocycles. The molecule has 1 aromatic heterocycles. The highest BCUT2D eigenvalue weighted by atomic mass is 16.2. The van der Waals surface area contributed by atoms with Crippen LogP contribution in [0.25, 0.3) is 10.9 Å². The smallest absolute Gasteiger partial charge is 0.312 e. The van der Waals surface area contributed by atoms with Gasteiger partial charge in [-0.05, 0) is 23.1 Å². The Morgan fingerprint density at radius 1 is 1.04 bits per heavy atom. The van der Waals surface area contributed by atoms with Gasteiger partial charge in [0.2, 0.25) is 5.91 Å². The lowest BCUT2D eigenvalue weighted by Gasteiger charge is -2.23. The first-order valence-corrected chi connectivity index (χ1v) is 8.93. The summed E-state index contributed by atoms with van der Waals surface area (Å²) in [5, 5.41) is 3.63. The maximum Gasteiger partial charge on any atom is 0.312 e. The number of nitrogens with one attached hydrogen (secondary N) is 1. The minimum absolute atomic E-state index is 0.0298. The van der Waals surface area contributed by atoms with E-state index < -0.39 is 6.03 Å². The molecule has 3 aromatic rings. The van der Waals surface area contributed by atoms with Gasteiger partial charge >= 0.3 is 6.03 Å². The highest BCUT2D eigenvalue weighted by Gasteiger charge is 2.17. The van der Waals surface area contributed by atoms with Crippen LogP contribution < -0.4 is 11.1 Å². The number of para-hydroxylation sites is 1. The Morgan fingerprint density at radius 2 is 1.74 bits per heavy atom. The van der Waals surface area contributed by atoms with Crippen LogP contribution in [0, 0.1) is 0 Å². The fourth-order valence-electron chi connectivity index (χ4n) is 3.18. The van der Waals surface area contributed by atoms with E-state index in [-0.39, 0.29) is 18.9 Å². The quantitative estimate of drug-likeness (QED) is 0.676. The highest BCUT2D eigenvalue weighted by molar-refractivity contribution is 5.82. The van der Waals surface area contributed by atoms with Crippen LogP contribution in [-0.2, 0) is 24.9 Å². The van der Waals surface area contributed by atoms with Gasteiger partial charge in [-0.3, -0.25) is 4.79 Å². The lowest BCUT2D eigenvalue weighted by molar-refractivity contribution is -0.132. The van der Waals surface area contributed by atoms with E-state index in [1.165, 1.54) is 0 Å². The molecule has 3 rings (SSSR count). The van der Waals surface area contributed by atoms with Crippen LogP contribution in [0.3, 0.4) is 0 Å². The van der Waals surface area contributed by atoms with Crippen molar-refractivity contribution in [3.8, 4) is 0 Å². The molecular weight excluding hydrogens is 340 g/mol. The molecule has 0 atom stereocenters. The molecule has 1 heterocycles. The second-order valence-corrected chi connectivity index (χ2v) is 6.53. The Hall–Kier alpha value is -3.28. The molecule has 0 unspecified atom stereocenters. The van der Waals surface area contributed by atoms with E-state index in [2.05, 4.69) is 28.1 Å². The molecular formula is C21H24N4O2. The van der Waals surface area contributed by atoms with Crippen molar-refractivity contribution in [2.75, 3.05) is 6.54 Å². The van der Waals surface area contributed by atoms with Gasteiger partial charge < -0.3 is 20.5 Å². The first-order valence-electron chi connectivity index (χ1n) is 8.93. The van der Waals surface area contributed by atoms with Crippen molar-refractivity contribution in [3.05, 3.63) is 71.9 Å². The third-order valence-electron chi connectivity index (χ3n) is 4.61. The van der Waals surface area contributed by atoms with Crippen LogP contribution in [-0.4, -0.2) is 28.0 Å². The number of benzene rings is 2. The third kappa shape index (κ3) is 4.67. The average Bonchev–Trinajstić information content (AvgIpc) is 2.98. The number of rotatable bonds is 7. The molecule has 6 nitrogen and oxygen atoms in total. The molecule has 3 amide bonds. The molecule has 0 aliphatic carbocycles. The van der Waals surface area contributed by atoms with Crippen molar-refractivity contribution >= 4 is 22.8 Å². The monoisotopic (exact) mass is 364 g/mol. The molecule has 0 saturated heterocycles. The summed E-state index contributed by atoms with van der Waals surface area (Å²) in [6.07, 6.45) is 0.208. The molecule has 6 heteroatoms. The summed E-state index contributed by atoms with van der Waals surface area (Å²) in [6.45, 7) is 1.24. The lowest BCUT2D eigenvalue weighted by Crippen LogP contribution is -2.36. The van der Waals surface area contributed by atoms with E-state index >= 15 is 0 Å². The Labute approximate surface area is 158 Å². The zero-order chi connectivity index (χ0) is 19.2. The van der Waals surface area contributed by atoms with Crippen molar-refractivity contribution in [2.24, 2.45) is 12.8 Å². The van der Waals surface area contributed by atoms with Gasteiger partial charge in [-0.15, -0.1) is 0 Å². The van der Waals surface area contributed by atoms with Gasteiger partial charge in [-0.2, -0.15) is 0 Å². The first-order chi connectivity index (χ1) is 13.0. The van der Waals surface area contributed by atoms with E-state index in [0.717, 1.165) is 22.2 Å². The normalized spacial score (nSPS) is 10.7. The molecule has 0 radical (unpaired) electrons. The van der Waals surface area contributed by atoms with Gasteiger partial charge in [0.25, 0.3) is 0 Å². The van der Waals surface area contributed by atoms with Gasteiger partial charge in [0.05, 0.1) is 6.54 Å². The first kappa shape index (κ1) is 18.5. The predicted octanol–water partition coefficient (Wildman–Crippen LogP) is 2.77. The van der Waals surface area contributed by atoms with E-state index in [9.17, 15) is 9.59 Å². The van der Waals surface area contributed by atoms with Gasteiger partial charge in [-0.25, -0.2) is 4.79 Å². The topological polar surface area (TPSA) is 80.4 Å². The van der Waals surface area contributed by atoms with Crippen molar-refractivity contribution < 1.29 is 9.59 Å². The second-order valence-electron chi connectivity index (χ2n) is 6.53. The van der Waals surface area contributed by atoms with Crippen LogP contribution >= 0.6 is 0 Å². The largest absolute Gasteiger partial charge is 0.352 e. The molecule has 0 spiro atoms. The maximum absolute atomic E-state index is 12.8. The van der Waals surface area contributed by atoms with E-state index in [1.54, 1.807) is 0 Å². The maximum atomic E-state index is 12.8. The van der Waals surface area contributed by atoms with Crippen LogP contribution in [0.5, 0.6) is 0 Å². The molecule has 0 aliphatic rings. The predicted molar refractivity (Wildman–Crippen MR) is 106 cm³/mol. The number of aryl methyl sites for hydroxylation is 1. The molecule has 0 saturated carbocycles. The lowest BCUT2D eigenvalue weighted by atomic mass is 10.2. The molecule has 3 N–H and O–H groups in total. The molecule has 27 heavy (non-hydrogen) atoms. The minimum atomic E-state index is -0.619. The Balaban J connectivity index is 1.80. The van der Waals surface area contributed by atoms with Crippen molar-refractivity contribution in [2.45, 2.75) is 19.5 Å². The average molecular weight is 364 g/mol. The zero-order valence-electron chi connectivity index (χ0n) is 15.4. The summed E-state index contributed by atoms with van der Waals surface area (Å²) in [5.74, 6) is -0.0298. The number of amides is 3. The minimum Gasteiger partial charge on any atom is -0.352 e. The van der Waals surface area contributed by atoms with E-state index in [4.69, 9.17) is 5.73 Å². The van der Waals surface area contributed by atoms with Crippen LogP contribution in [0.15, 0.2) is 60.7 Å². The fourth-order valence-corrected chi connectivity index (χ4v) is 3.18. The number of hydrogen-bond donors (Lipinski definition) is 2. The molecule has 0 fully saturated rings. The van der Waals surface area contributed by atoms with Crippen LogP contribution in [0.2, 0.25) is 0 Å².